The van der Waals surface area contributed by atoms with Gasteiger partial charge in [-0.3, -0.25) is 14.4 Å². The quantitative estimate of drug-likeness (QED) is 0.0723. The maximum atomic E-state index is 13.2. The van der Waals surface area contributed by atoms with Crippen molar-refractivity contribution in [3.63, 3.8) is 0 Å². The molecule has 9 nitrogen and oxygen atoms in total. The van der Waals surface area contributed by atoms with Crippen LogP contribution in [0.5, 0.6) is 11.5 Å². The molecule has 2 atom stereocenters. The van der Waals surface area contributed by atoms with Crippen LogP contribution in [0.15, 0.2) is 78.9 Å². The Hall–Kier alpha value is -4.92. The summed E-state index contributed by atoms with van der Waals surface area (Å²) in [7, 11) is 0. The van der Waals surface area contributed by atoms with E-state index in [-0.39, 0.29) is 23.5 Å². The van der Waals surface area contributed by atoms with Crippen LogP contribution in [-0.2, 0) is 19.2 Å². The van der Waals surface area contributed by atoms with E-state index in [0.29, 0.717) is 51.1 Å². The van der Waals surface area contributed by atoms with Crippen molar-refractivity contribution in [2.75, 3.05) is 19.7 Å². The van der Waals surface area contributed by atoms with Crippen LogP contribution in [0.25, 0.3) is 11.1 Å². The third kappa shape index (κ3) is 11.6. The summed E-state index contributed by atoms with van der Waals surface area (Å²) in [5.41, 5.74) is 5.04. The van der Waals surface area contributed by atoms with Crippen molar-refractivity contribution in [1.82, 2.24) is 15.5 Å². The summed E-state index contributed by atoms with van der Waals surface area (Å²) < 4.78 is 5.93. The Morgan fingerprint density at radius 1 is 0.865 bits per heavy atom. The molecule has 0 saturated carbocycles. The van der Waals surface area contributed by atoms with Gasteiger partial charge in [0.25, 0.3) is 0 Å². The van der Waals surface area contributed by atoms with E-state index in [1.165, 1.54) is 5.57 Å². The fourth-order valence-corrected chi connectivity index (χ4v) is 6.65. The first-order valence-corrected chi connectivity index (χ1v) is 18.6. The predicted molar refractivity (Wildman–Crippen MR) is 206 cm³/mol. The van der Waals surface area contributed by atoms with Crippen LogP contribution in [0.1, 0.15) is 102 Å². The van der Waals surface area contributed by atoms with E-state index < -0.39 is 17.5 Å². The van der Waals surface area contributed by atoms with E-state index >= 15 is 0 Å². The van der Waals surface area contributed by atoms with Gasteiger partial charge in [0, 0.05) is 19.4 Å². The molecule has 9 heteroatoms. The minimum Gasteiger partial charge on any atom is -0.508 e. The predicted octanol–water partition coefficient (Wildman–Crippen LogP) is 7.32. The molecule has 0 aliphatic carbocycles. The number of benzene rings is 3. The molecule has 1 saturated heterocycles. The van der Waals surface area contributed by atoms with Gasteiger partial charge in [-0.25, -0.2) is 0 Å². The number of carbonyl (C=O) groups is 4. The Balaban J connectivity index is 1.16. The van der Waals surface area contributed by atoms with E-state index in [2.05, 4.69) is 29.7 Å². The summed E-state index contributed by atoms with van der Waals surface area (Å²) in [4.78, 5) is 51.3. The highest BCUT2D eigenvalue weighted by molar-refractivity contribution is 5.98. The van der Waals surface area contributed by atoms with E-state index in [1.807, 2.05) is 75.4 Å². The first-order chi connectivity index (χ1) is 25.0. The number of nitrogens with one attached hydrogen (secondary N) is 2. The number of unbranched alkanes of at least 4 members (excludes halogenated alkanes) is 3. The number of allylic oxidation sites excluding steroid dienone is 1. The standard InChI is InChI=1S/C43H55N3O6/c1-5-37(31-14-9-8-10-15-31)40(32-19-23-35(48)24-20-32)33-21-25-36(26-22-33)52-29-27-44-38(49)17-11-6-7-12-18-39(50)45-41(43(2,3)4)42(51)46-28-13-16-34(46)30-47/h8-10,14-15,19-26,30,34,41,48H,5-7,11-13,16-18,27-29H2,1-4H3,(H,44,49)(H,45,50)/b40-37-. The number of ether oxygens (including phenoxy) is 1. The van der Waals surface area contributed by atoms with Gasteiger partial charge in [-0.2, -0.15) is 0 Å². The highest BCUT2D eigenvalue weighted by atomic mass is 16.5. The van der Waals surface area contributed by atoms with Crippen molar-refractivity contribution < 1.29 is 29.0 Å². The average Bonchev–Trinajstić information content (AvgIpc) is 3.62. The molecule has 0 spiro atoms. The lowest BCUT2D eigenvalue weighted by molar-refractivity contribution is -0.141. The third-order valence-corrected chi connectivity index (χ3v) is 9.48. The lowest BCUT2D eigenvalue weighted by Crippen LogP contribution is -2.55. The lowest BCUT2D eigenvalue weighted by atomic mass is 9.85. The van der Waals surface area contributed by atoms with Gasteiger partial charge < -0.3 is 30.2 Å². The van der Waals surface area contributed by atoms with Crippen LogP contribution in [0.4, 0.5) is 0 Å². The third-order valence-electron chi connectivity index (χ3n) is 9.48. The molecule has 3 amide bonds. The van der Waals surface area contributed by atoms with E-state index in [4.69, 9.17) is 4.74 Å². The Bertz CT molecular complexity index is 1640. The van der Waals surface area contributed by atoms with Crippen LogP contribution in [-0.4, -0.2) is 65.8 Å². The minimum absolute atomic E-state index is 0.0320. The monoisotopic (exact) mass is 709 g/mol. The van der Waals surface area contributed by atoms with Crippen molar-refractivity contribution in [2.45, 2.75) is 97.6 Å². The Morgan fingerprint density at radius 2 is 1.48 bits per heavy atom. The number of hydrogen-bond donors (Lipinski definition) is 3. The van der Waals surface area contributed by atoms with Crippen molar-refractivity contribution in [2.24, 2.45) is 5.41 Å². The van der Waals surface area contributed by atoms with Crippen LogP contribution in [0.3, 0.4) is 0 Å². The van der Waals surface area contributed by atoms with Crippen molar-refractivity contribution in [3.05, 3.63) is 95.6 Å². The summed E-state index contributed by atoms with van der Waals surface area (Å²) in [5, 5.41) is 15.7. The van der Waals surface area contributed by atoms with Crippen molar-refractivity contribution >= 4 is 35.2 Å². The molecule has 1 aliphatic rings. The number of phenols is 1. The van der Waals surface area contributed by atoms with Crippen LogP contribution in [0, 0.1) is 5.41 Å². The van der Waals surface area contributed by atoms with Gasteiger partial charge in [-0.1, -0.05) is 95.1 Å². The Labute approximate surface area is 308 Å². The Morgan fingerprint density at radius 3 is 2.08 bits per heavy atom. The maximum Gasteiger partial charge on any atom is 0.246 e. The van der Waals surface area contributed by atoms with Gasteiger partial charge in [-0.05, 0) is 89.6 Å². The SMILES string of the molecule is CC/C(=C(\c1ccc(O)cc1)c1ccc(OCCNC(=O)CCCCCCC(=O)NC(C(=O)N2CCCC2C=O)C(C)(C)C)cc1)c1ccccc1. The summed E-state index contributed by atoms with van der Waals surface area (Å²) in [5.74, 6) is 0.542. The molecular formula is C43H55N3O6. The molecular weight excluding hydrogens is 654 g/mol. The van der Waals surface area contributed by atoms with E-state index in [1.54, 1.807) is 17.0 Å². The van der Waals surface area contributed by atoms with Crippen LogP contribution in [0.2, 0.25) is 0 Å². The molecule has 4 rings (SSSR count). The van der Waals surface area contributed by atoms with Gasteiger partial charge in [0.2, 0.25) is 17.7 Å². The Kier molecular flexibility index (Phi) is 15.0. The molecule has 3 aromatic carbocycles. The number of aromatic hydroxyl groups is 1. The zero-order valence-electron chi connectivity index (χ0n) is 31.2. The topological polar surface area (TPSA) is 125 Å². The minimum atomic E-state index is -0.687. The highest BCUT2D eigenvalue weighted by Gasteiger charge is 2.39. The highest BCUT2D eigenvalue weighted by Crippen LogP contribution is 2.35. The number of amides is 3. The van der Waals surface area contributed by atoms with Crippen molar-refractivity contribution in [3.8, 4) is 11.5 Å². The second-order valence-electron chi connectivity index (χ2n) is 14.5. The molecule has 278 valence electrons. The molecule has 3 N–H and O–H groups in total. The summed E-state index contributed by atoms with van der Waals surface area (Å²) >= 11 is 0. The molecule has 1 fully saturated rings. The zero-order chi connectivity index (χ0) is 37.5. The molecule has 3 aromatic rings. The second kappa shape index (κ2) is 19.6. The molecule has 1 heterocycles. The van der Waals surface area contributed by atoms with E-state index in [0.717, 1.165) is 60.7 Å². The van der Waals surface area contributed by atoms with Crippen LogP contribution < -0.4 is 15.4 Å². The molecule has 0 bridgehead atoms. The fourth-order valence-electron chi connectivity index (χ4n) is 6.65. The van der Waals surface area contributed by atoms with Gasteiger partial charge in [0.1, 0.15) is 30.4 Å². The number of rotatable bonds is 18. The first-order valence-electron chi connectivity index (χ1n) is 18.6. The summed E-state index contributed by atoms with van der Waals surface area (Å²) in [6, 6.07) is 24.5. The van der Waals surface area contributed by atoms with E-state index in [9.17, 15) is 24.3 Å². The van der Waals surface area contributed by atoms with Gasteiger partial charge in [0.15, 0.2) is 0 Å². The molecule has 2 unspecified atom stereocenters. The molecule has 0 radical (unpaired) electrons. The largest absolute Gasteiger partial charge is 0.508 e. The summed E-state index contributed by atoms with van der Waals surface area (Å²) in [6.07, 6.45) is 6.85. The molecule has 0 aromatic heterocycles. The number of aldehydes is 1. The summed E-state index contributed by atoms with van der Waals surface area (Å²) in [6.45, 7) is 9.17. The zero-order valence-corrected chi connectivity index (χ0v) is 31.2. The molecule has 52 heavy (non-hydrogen) atoms. The number of hydrogen-bond acceptors (Lipinski definition) is 6. The maximum absolute atomic E-state index is 13.2. The normalized spacial score (nSPS) is 15.4. The first kappa shape index (κ1) is 39.9. The van der Waals surface area contributed by atoms with Gasteiger partial charge >= 0.3 is 0 Å². The number of phenolic OH excluding ortho intramolecular Hbond substituents is 1. The average molecular weight is 710 g/mol. The molecule has 1 aliphatic heterocycles. The number of likely N-dealkylation sites (tertiary alicyclic amines) is 1. The lowest BCUT2D eigenvalue weighted by Gasteiger charge is -2.34. The van der Waals surface area contributed by atoms with Gasteiger partial charge in [0.05, 0.1) is 12.6 Å². The van der Waals surface area contributed by atoms with Gasteiger partial charge in [-0.15, -0.1) is 0 Å². The second-order valence-corrected chi connectivity index (χ2v) is 14.5. The van der Waals surface area contributed by atoms with Crippen molar-refractivity contribution in [1.29, 1.82) is 0 Å². The fraction of sp³-hybridized carbons (Fsp3) is 0.442. The number of nitrogens with zero attached hydrogens (tertiary/aromatic N) is 1. The smallest absolute Gasteiger partial charge is 0.246 e. The van der Waals surface area contributed by atoms with Crippen LogP contribution >= 0.6 is 0 Å². The number of carbonyl (C=O) groups excluding carboxylic acids is 4.